The predicted octanol–water partition coefficient (Wildman–Crippen LogP) is 6.85. The maximum Gasteiger partial charge on any atom is 0.137 e. The molecule has 0 aliphatic carbocycles. The zero-order valence-corrected chi connectivity index (χ0v) is 17.4. The van der Waals surface area contributed by atoms with E-state index >= 15 is 0 Å². The number of nitrogens with zero attached hydrogens (tertiary/aromatic N) is 2. The summed E-state index contributed by atoms with van der Waals surface area (Å²) in [6.07, 6.45) is 1.89. The number of hydrogen-bond acceptors (Lipinski definition) is 2. The van der Waals surface area contributed by atoms with Crippen LogP contribution in [0.25, 0.3) is 38.8 Å². The van der Waals surface area contributed by atoms with Gasteiger partial charge in [0.25, 0.3) is 0 Å². The Labute approximate surface area is 176 Å². The summed E-state index contributed by atoms with van der Waals surface area (Å²) in [4.78, 5) is 4.73. The van der Waals surface area contributed by atoms with Gasteiger partial charge in [-0.05, 0) is 46.9 Å². The fourth-order valence-electron chi connectivity index (χ4n) is 4.11. The second-order valence-electron chi connectivity index (χ2n) is 8.75. The molecular weight excluding hydrogens is 368 g/mol. The van der Waals surface area contributed by atoms with Gasteiger partial charge in [0, 0.05) is 22.5 Å². The topological polar surface area (TPSA) is 38.0 Å². The van der Waals surface area contributed by atoms with Gasteiger partial charge in [-0.25, -0.2) is 4.98 Å². The highest BCUT2D eigenvalue weighted by molar-refractivity contribution is 6.10. The molecule has 0 saturated heterocycles. The van der Waals surface area contributed by atoms with Crippen LogP contribution in [-0.2, 0) is 5.41 Å². The molecule has 5 rings (SSSR count). The number of phenols is 1. The molecule has 3 heteroatoms. The molecule has 0 atom stereocenters. The largest absolute Gasteiger partial charge is 0.507 e. The summed E-state index contributed by atoms with van der Waals surface area (Å²) in [6, 6.07) is 26.5. The first-order valence-electron chi connectivity index (χ1n) is 10.2. The van der Waals surface area contributed by atoms with E-state index in [9.17, 15) is 5.11 Å². The molecule has 0 unspecified atom stereocenters. The van der Waals surface area contributed by atoms with Crippen molar-refractivity contribution in [2.45, 2.75) is 26.2 Å². The molecule has 0 spiro atoms. The summed E-state index contributed by atoms with van der Waals surface area (Å²) in [7, 11) is 0. The molecule has 2 aromatic heterocycles. The molecule has 3 nitrogen and oxygen atoms in total. The Kier molecular flexibility index (Phi) is 4.14. The minimum atomic E-state index is 0.0391. The second-order valence-corrected chi connectivity index (χ2v) is 8.75. The molecule has 3 aromatic carbocycles. The summed E-state index contributed by atoms with van der Waals surface area (Å²) in [5.74, 6) is 1.19. The molecule has 1 N–H and O–H groups in total. The lowest BCUT2D eigenvalue weighted by atomic mass is 9.88. The van der Waals surface area contributed by atoms with Crippen LogP contribution in [0.1, 0.15) is 26.3 Å². The lowest BCUT2D eigenvalue weighted by molar-refractivity contribution is 0.477. The number of aromatic nitrogens is 2. The average molecular weight is 393 g/mol. The van der Waals surface area contributed by atoms with Crippen LogP contribution in [0.5, 0.6) is 5.75 Å². The van der Waals surface area contributed by atoms with E-state index in [4.69, 9.17) is 4.98 Å². The lowest BCUT2D eigenvalue weighted by Crippen LogP contribution is -2.12. The first-order chi connectivity index (χ1) is 14.4. The van der Waals surface area contributed by atoms with Crippen LogP contribution in [0.15, 0.2) is 85.1 Å². The summed E-state index contributed by atoms with van der Waals surface area (Å²) in [5, 5.41) is 12.7. The molecular formula is C27H24N2O. The van der Waals surface area contributed by atoms with Crippen LogP contribution in [0.2, 0.25) is 0 Å². The number of benzene rings is 3. The third kappa shape index (κ3) is 2.94. The molecule has 5 aromatic rings. The van der Waals surface area contributed by atoms with Crippen molar-refractivity contribution in [3.05, 3.63) is 90.6 Å². The first kappa shape index (κ1) is 18.4. The molecule has 2 heterocycles. The van der Waals surface area contributed by atoms with E-state index in [-0.39, 0.29) is 11.2 Å². The molecule has 0 bridgehead atoms. The van der Waals surface area contributed by atoms with Gasteiger partial charge >= 0.3 is 0 Å². The fraction of sp³-hybridized carbons (Fsp3) is 0.148. The SMILES string of the molecule is CC(C)(C)c1ccnc(-n2c3ccccc3c3ccc(-c4ccccc4O)cc32)c1. The summed E-state index contributed by atoms with van der Waals surface area (Å²) in [6.45, 7) is 6.65. The second kappa shape index (κ2) is 6.74. The van der Waals surface area contributed by atoms with Gasteiger partial charge in [-0.15, -0.1) is 0 Å². The third-order valence-electron chi connectivity index (χ3n) is 5.73. The Hall–Kier alpha value is -3.59. The average Bonchev–Trinajstić information content (AvgIpc) is 3.07. The third-order valence-corrected chi connectivity index (χ3v) is 5.73. The van der Waals surface area contributed by atoms with Gasteiger partial charge in [-0.2, -0.15) is 0 Å². The van der Waals surface area contributed by atoms with Gasteiger partial charge in [-0.1, -0.05) is 69.3 Å². The summed E-state index contributed by atoms with van der Waals surface area (Å²) >= 11 is 0. The molecule has 0 fully saturated rings. The van der Waals surface area contributed by atoms with Crippen LogP contribution in [-0.4, -0.2) is 14.7 Å². The normalized spacial score (nSPS) is 12.0. The molecule has 0 aliphatic rings. The molecule has 0 saturated carbocycles. The maximum absolute atomic E-state index is 10.4. The molecule has 30 heavy (non-hydrogen) atoms. The van der Waals surface area contributed by atoms with E-state index in [1.807, 2.05) is 24.4 Å². The first-order valence-corrected chi connectivity index (χ1v) is 10.2. The minimum absolute atomic E-state index is 0.0391. The van der Waals surface area contributed by atoms with Gasteiger partial charge in [-0.3, -0.25) is 4.57 Å². The van der Waals surface area contributed by atoms with Crippen molar-refractivity contribution in [2.75, 3.05) is 0 Å². The highest BCUT2D eigenvalue weighted by Crippen LogP contribution is 2.36. The van der Waals surface area contributed by atoms with Crippen molar-refractivity contribution in [3.8, 4) is 22.7 Å². The van der Waals surface area contributed by atoms with Crippen LogP contribution < -0.4 is 0 Å². The number of aromatic hydroxyl groups is 1. The molecule has 0 radical (unpaired) electrons. The molecule has 148 valence electrons. The Bertz CT molecular complexity index is 1390. The fourth-order valence-corrected chi connectivity index (χ4v) is 4.11. The van der Waals surface area contributed by atoms with Crippen LogP contribution in [0.4, 0.5) is 0 Å². The Morgan fingerprint density at radius 2 is 1.50 bits per heavy atom. The van der Waals surface area contributed by atoms with Crippen molar-refractivity contribution in [3.63, 3.8) is 0 Å². The number of rotatable bonds is 2. The van der Waals surface area contributed by atoms with Gasteiger partial charge in [0.15, 0.2) is 0 Å². The Morgan fingerprint density at radius 3 is 2.30 bits per heavy atom. The van der Waals surface area contributed by atoms with E-state index in [0.29, 0.717) is 0 Å². The summed E-state index contributed by atoms with van der Waals surface area (Å²) in [5.41, 5.74) is 5.30. The van der Waals surface area contributed by atoms with Crippen LogP contribution in [0.3, 0.4) is 0 Å². The highest BCUT2D eigenvalue weighted by Gasteiger charge is 2.18. The highest BCUT2D eigenvalue weighted by atomic mass is 16.3. The van der Waals surface area contributed by atoms with Gasteiger partial charge < -0.3 is 5.11 Å². The van der Waals surface area contributed by atoms with Crippen molar-refractivity contribution in [1.82, 2.24) is 9.55 Å². The molecule has 0 aliphatic heterocycles. The minimum Gasteiger partial charge on any atom is -0.507 e. The Morgan fingerprint density at radius 1 is 0.767 bits per heavy atom. The Balaban J connectivity index is 1.84. The monoisotopic (exact) mass is 392 g/mol. The number of para-hydroxylation sites is 2. The van der Waals surface area contributed by atoms with E-state index in [2.05, 4.69) is 79.9 Å². The quantitative estimate of drug-likeness (QED) is 0.357. The van der Waals surface area contributed by atoms with Crippen molar-refractivity contribution < 1.29 is 5.11 Å². The van der Waals surface area contributed by atoms with Gasteiger partial charge in [0.1, 0.15) is 11.6 Å². The van der Waals surface area contributed by atoms with Gasteiger partial charge in [0.05, 0.1) is 11.0 Å². The lowest BCUT2D eigenvalue weighted by Gasteiger charge is -2.20. The zero-order chi connectivity index (χ0) is 20.9. The van der Waals surface area contributed by atoms with E-state index < -0.39 is 0 Å². The van der Waals surface area contributed by atoms with Crippen LogP contribution in [0, 0.1) is 0 Å². The molecule has 0 amide bonds. The zero-order valence-electron chi connectivity index (χ0n) is 17.4. The van der Waals surface area contributed by atoms with Crippen LogP contribution >= 0.6 is 0 Å². The summed E-state index contributed by atoms with van der Waals surface area (Å²) < 4.78 is 2.23. The van der Waals surface area contributed by atoms with E-state index in [0.717, 1.165) is 28.0 Å². The number of hydrogen-bond donors (Lipinski definition) is 1. The number of phenolic OH excluding ortho intramolecular Hbond substituents is 1. The standard InChI is InChI=1S/C27H24N2O/c1-27(2,3)19-14-15-28-26(17-19)29-23-10-6-4-9-21(23)22-13-12-18(16-24(22)29)20-8-5-7-11-25(20)30/h4-17,30H,1-3H3. The van der Waals surface area contributed by atoms with E-state index in [1.54, 1.807) is 6.07 Å². The number of fused-ring (bicyclic) bond motifs is 3. The van der Waals surface area contributed by atoms with Crippen molar-refractivity contribution in [2.24, 2.45) is 0 Å². The smallest absolute Gasteiger partial charge is 0.137 e. The number of pyridine rings is 1. The van der Waals surface area contributed by atoms with E-state index in [1.165, 1.54) is 16.3 Å². The maximum atomic E-state index is 10.4. The van der Waals surface area contributed by atoms with Crippen molar-refractivity contribution in [1.29, 1.82) is 0 Å². The predicted molar refractivity (Wildman–Crippen MR) is 124 cm³/mol. The van der Waals surface area contributed by atoms with Gasteiger partial charge in [0.2, 0.25) is 0 Å². The van der Waals surface area contributed by atoms with Crippen molar-refractivity contribution >= 4 is 21.8 Å².